The molecule has 1 atom stereocenters. The summed E-state index contributed by atoms with van der Waals surface area (Å²) in [6.45, 7) is 1.53. The Bertz CT molecular complexity index is 643. The largest absolute Gasteiger partial charge is 0.484 e. The summed E-state index contributed by atoms with van der Waals surface area (Å²) in [5.74, 6) is -0.168. The van der Waals surface area contributed by atoms with E-state index in [1.807, 2.05) is 6.92 Å². The minimum absolute atomic E-state index is 0.199. The summed E-state index contributed by atoms with van der Waals surface area (Å²) in [5.41, 5.74) is 0.128. The Labute approximate surface area is 131 Å². The maximum Gasteiger partial charge on any atom is 0.416 e. The van der Waals surface area contributed by atoms with E-state index in [-0.39, 0.29) is 24.3 Å². The average Bonchev–Trinajstić information content (AvgIpc) is 2.53. The smallest absolute Gasteiger partial charge is 0.416 e. The molecule has 23 heavy (non-hydrogen) atoms. The maximum absolute atomic E-state index is 12.4. The number of rotatable bonds is 5. The van der Waals surface area contributed by atoms with Crippen LogP contribution in [0.5, 0.6) is 5.75 Å². The van der Waals surface area contributed by atoms with Crippen LogP contribution in [0.2, 0.25) is 0 Å². The molecule has 0 spiro atoms. The van der Waals surface area contributed by atoms with Crippen molar-refractivity contribution in [2.75, 3.05) is 6.61 Å². The number of halogens is 3. The van der Waals surface area contributed by atoms with Crippen molar-refractivity contribution in [1.82, 2.24) is 10.3 Å². The molecule has 1 N–H and O–H groups in total. The van der Waals surface area contributed by atoms with Crippen molar-refractivity contribution in [3.8, 4) is 5.75 Å². The fourth-order valence-electron chi connectivity index (χ4n) is 1.91. The van der Waals surface area contributed by atoms with Gasteiger partial charge in [-0.25, -0.2) is 0 Å². The van der Waals surface area contributed by atoms with E-state index in [0.29, 0.717) is 0 Å². The maximum atomic E-state index is 12.4. The van der Waals surface area contributed by atoms with Gasteiger partial charge < -0.3 is 10.1 Å². The summed E-state index contributed by atoms with van der Waals surface area (Å²) in [4.78, 5) is 15.7. The molecule has 1 amide bonds. The second-order valence-electron chi connectivity index (χ2n) is 4.88. The fraction of sp³-hybridized carbons (Fsp3) is 0.250. The third-order valence-electron chi connectivity index (χ3n) is 3.14. The Morgan fingerprint density at radius 1 is 1.17 bits per heavy atom. The number of pyridine rings is 1. The van der Waals surface area contributed by atoms with Crippen molar-refractivity contribution < 1.29 is 22.7 Å². The van der Waals surface area contributed by atoms with E-state index in [0.717, 1.165) is 17.7 Å². The third kappa shape index (κ3) is 4.98. The number of ether oxygens (including phenoxy) is 1. The monoisotopic (exact) mass is 324 g/mol. The molecule has 0 aliphatic rings. The number of nitrogens with one attached hydrogen (secondary N) is 1. The molecule has 0 saturated heterocycles. The first-order valence-corrected chi connectivity index (χ1v) is 6.85. The van der Waals surface area contributed by atoms with E-state index in [1.165, 1.54) is 12.1 Å². The first kappa shape index (κ1) is 16.8. The Kier molecular flexibility index (Phi) is 5.20. The van der Waals surface area contributed by atoms with Gasteiger partial charge in [-0.2, -0.15) is 13.2 Å². The second kappa shape index (κ2) is 7.13. The number of benzene rings is 1. The minimum atomic E-state index is -4.39. The molecule has 122 valence electrons. The van der Waals surface area contributed by atoms with Crippen LogP contribution in [0.15, 0.2) is 48.8 Å². The highest BCUT2D eigenvalue weighted by Crippen LogP contribution is 2.30. The second-order valence-corrected chi connectivity index (χ2v) is 4.88. The predicted octanol–water partition coefficient (Wildman–Crippen LogP) is 3.36. The summed E-state index contributed by atoms with van der Waals surface area (Å²) >= 11 is 0. The molecule has 0 aliphatic heterocycles. The third-order valence-corrected chi connectivity index (χ3v) is 3.14. The van der Waals surface area contributed by atoms with Crippen molar-refractivity contribution >= 4 is 5.91 Å². The van der Waals surface area contributed by atoms with E-state index in [9.17, 15) is 18.0 Å². The number of nitrogens with zero attached hydrogens (tertiary/aromatic N) is 1. The Morgan fingerprint density at radius 3 is 2.35 bits per heavy atom. The zero-order valence-electron chi connectivity index (χ0n) is 12.3. The molecule has 4 nitrogen and oxygen atoms in total. The first-order chi connectivity index (χ1) is 10.9. The normalized spacial score (nSPS) is 12.5. The average molecular weight is 324 g/mol. The van der Waals surface area contributed by atoms with Crippen LogP contribution in [0.25, 0.3) is 0 Å². The molecule has 0 aliphatic carbocycles. The summed E-state index contributed by atoms with van der Waals surface area (Å²) in [6.07, 6.45) is -1.15. The molecule has 0 saturated carbocycles. The van der Waals surface area contributed by atoms with E-state index < -0.39 is 11.7 Å². The van der Waals surface area contributed by atoms with E-state index in [4.69, 9.17) is 4.74 Å². The van der Waals surface area contributed by atoms with Crippen molar-refractivity contribution in [2.24, 2.45) is 0 Å². The number of amides is 1. The van der Waals surface area contributed by atoms with Gasteiger partial charge in [0.15, 0.2) is 6.61 Å². The van der Waals surface area contributed by atoms with Crippen LogP contribution in [0, 0.1) is 0 Å². The summed E-state index contributed by atoms with van der Waals surface area (Å²) < 4.78 is 42.5. The van der Waals surface area contributed by atoms with Gasteiger partial charge in [0.05, 0.1) is 11.6 Å². The molecule has 0 bridgehead atoms. The lowest BCUT2D eigenvalue weighted by Crippen LogP contribution is -2.31. The lowest BCUT2D eigenvalue weighted by atomic mass is 10.1. The highest BCUT2D eigenvalue weighted by atomic mass is 19.4. The van der Waals surface area contributed by atoms with Crippen molar-refractivity contribution in [3.63, 3.8) is 0 Å². The van der Waals surface area contributed by atoms with E-state index in [2.05, 4.69) is 10.3 Å². The van der Waals surface area contributed by atoms with Gasteiger partial charge in [-0.05, 0) is 48.9 Å². The Balaban J connectivity index is 1.85. The van der Waals surface area contributed by atoms with Gasteiger partial charge in [0, 0.05) is 12.4 Å². The molecule has 1 aromatic carbocycles. The van der Waals surface area contributed by atoms with Crippen molar-refractivity contribution in [1.29, 1.82) is 0 Å². The highest BCUT2D eigenvalue weighted by molar-refractivity contribution is 5.78. The Morgan fingerprint density at radius 2 is 1.78 bits per heavy atom. The van der Waals surface area contributed by atoms with Gasteiger partial charge in [-0.1, -0.05) is 0 Å². The van der Waals surface area contributed by atoms with Crippen LogP contribution in [-0.2, 0) is 11.0 Å². The van der Waals surface area contributed by atoms with Crippen LogP contribution in [-0.4, -0.2) is 17.5 Å². The lowest BCUT2D eigenvalue weighted by molar-refractivity contribution is -0.137. The zero-order valence-corrected chi connectivity index (χ0v) is 12.3. The van der Waals surface area contributed by atoms with Crippen LogP contribution in [0.1, 0.15) is 24.1 Å². The van der Waals surface area contributed by atoms with Gasteiger partial charge in [0.2, 0.25) is 0 Å². The number of hydrogen-bond donors (Lipinski definition) is 1. The van der Waals surface area contributed by atoms with Crippen molar-refractivity contribution in [3.05, 3.63) is 59.9 Å². The van der Waals surface area contributed by atoms with Gasteiger partial charge in [-0.3, -0.25) is 9.78 Å². The van der Waals surface area contributed by atoms with Crippen LogP contribution in [0.4, 0.5) is 13.2 Å². The topological polar surface area (TPSA) is 51.2 Å². The number of alkyl halides is 3. The van der Waals surface area contributed by atoms with Crippen LogP contribution >= 0.6 is 0 Å². The van der Waals surface area contributed by atoms with Gasteiger partial charge in [0.1, 0.15) is 5.75 Å². The zero-order chi connectivity index (χ0) is 16.9. The summed E-state index contributed by atoms with van der Waals surface area (Å²) in [6, 6.07) is 7.52. The van der Waals surface area contributed by atoms with Gasteiger partial charge in [-0.15, -0.1) is 0 Å². The predicted molar refractivity (Wildman–Crippen MR) is 77.7 cm³/mol. The van der Waals surface area contributed by atoms with E-state index >= 15 is 0 Å². The van der Waals surface area contributed by atoms with Crippen LogP contribution in [0.3, 0.4) is 0 Å². The molecule has 1 heterocycles. The summed E-state index contributed by atoms with van der Waals surface area (Å²) in [7, 11) is 0. The first-order valence-electron chi connectivity index (χ1n) is 6.85. The summed E-state index contributed by atoms with van der Waals surface area (Å²) in [5, 5.41) is 2.73. The van der Waals surface area contributed by atoms with E-state index in [1.54, 1.807) is 24.5 Å². The standard InChI is InChI=1S/C16H15F3N2O2/c1-11(12-6-8-20-9-7-12)21-15(22)10-23-14-4-2-13(3-5-14)16(17,18)19/h2-9,11H,10H2,1H3,(H,21,22)/t11-/m0/s1. The molecular weight excluding hydrogens is 309 g/mol. The van der Waals surface area contributed by atoms with Gasteiger partial charge in [0.25, 0.3) is 5.91 Å². The number of hydrogen-bond acceptors (Lipinski definition) is 3. The highest BCUT2D eigenvalue weighted by Gasteiger charge is 2.30. The number of carbonyl (C=O) groups is 1. The molecule has 2 rings (SSSR count). The van der Waals surface area contributed by atoms with Crippen LogP contribution < -0.4 is 10.1 Å². The molecule has 0 unspecified atom stereocenters. The minimum Gasteiger partial charge on any atom is -0.484 e. The molecule has 0 fully saturated rings. The number of carbonyl (C=O) groups excluding carboxylic acids is 1. The molecule has 2 aromatic rings. The van der Waals surface area contributed by atoms with Gasteiger partial charge >= 0.3 is 6.18 Å². The molecule has 0 radical (unpaired) electrons. The molecule has 1 aromatic heterocycles. The number of aromatic nitrogens is 1. The quantitative estimate of drug-likeness (QED) is 0.917. The Hall–Kier alpha value is -2.57. The SMILES string of the molecule is C[C@H](NC(=O)COc1ccc(C(F)(F)F)cc1)c1ccncc1. The van der Waals surface area contributed by atoms with Crippen molar-refractivity contribution in [2.45, 2.75) is 19.1 Å². The molecular formula is C16H15F3N2O2. The molecule has 7 heteroatoms. The fourth-order valence-corrected chi connectivity index (χ4v) is 1.91. The lowest BCUT2D eigenvalue weighted by Gasteiger charge is -2.14.